The van der Waals surface area contributed by atoms with Gasteiger partial charge in [-0.05, 0) is 29.3 Å². The van der Waals surface area contributed by atoms with Crippen LogP contribution in [0.3, 0.4) is 0 Å². The SMILES string of the molecule is COc1cc(C(=O)N2CCC(C(C)O)C2)sc1Br. The molecule has 0 bridgehead atoms. The topological polar surface area (TPSA) is 49.8 Å². The van der Waals surface area contributed by atoms with Gasteiger partial charge in [-0.3, -0.25) is 4.79 Å². The van der Waals surface area contributed by atoms with Crippen LogP contribution in [0.1, 0.15) is 23.0 Å². The van der Waals surface area contributed by atoms with Crippen LogP contribution in [0.25, 0.3) is 0 Å². The number of thiophene rings is 1. The fourth-order valence-corrected chi connectivity index (χ4v) is 3.74. The number of hydrogen-bond donors (Lipinski definition) is 1. The van der Waals surface area contributed by atoms with Gasteiger partial charge in [0.15, 0.2) is 0 Å². The maximum absolute atomic E-state index is 12.3. The van der Waals surface area contributed by atoms with Gasteiger partial charge in [0.05, 0.1) is 18.1 Å². The highest BCUT2D eigenvalue weighted by Crippen LogP contribution is 2.35. The quantitative estimate of drug-likeness (QED) is 0.923. The normalized spacial score (nSPS) is 21.1. The number of methoxy groups -OCH3 is 1. The summed E-state index contributed by atoms with van der Waals surface area (Å²) in [5.74, 6) is 0.904. The minimum Gasteiger partial charge on any atom is -0.495 e. The van der Waals surface area contributed by atoms with Gasteiger partial charge in [-0.15, -0.1) is 11.3 Å². The summed E-state index contributed by atoms with van der Waals surface area (Å²) in [6, 6.07) is 1.76. The molecule has 1 aromatic heterocycles. The maximum atomic E-state index is 12.3. The molecule has 1 aliphatic rings. The predicted molar refractivity (Wildman–Crippen MR) is 74.3 cm³/mol. The Kier molecular flexibility index (Phi) is 4.29. The molecule has 2 heterocycles. The van der Waals surface area contributed by atoms with Crippen LogP contribution in [0.4, 0.5) is 0 Å². The van der Waals surface area contributed by atoms with Gasteiger partial charge in [0.2, 0.25) is 0 Å². The molecule has 1 fully saturated rings. The summed E-state index contributed by atoms with van der Waals surface area (Å²) < 4.78 is 5.98. The second-order valence-corrected chi connectivity index (χ2v) is 6.86. The van der Waals surface area contributed by atoms with E-state index in [0.717, 1.165) is 10.2 Å². The Hall–Kier alpha value is -0.590. The summed E-state index contributed by atoms with van der Waals surface area (Å²) >= 11 is 4.75. The zero-order valence-corrected chi connectivity index (χ0v) is 12.8. The molecule has 0 spiro atoms. The zero-order chi connectivity index (χ0) is 13.3. The van der Waals surface area contributed by atoms with Gasteiger partial charge >= 0.3 is 0 Å². The third-order valence-corrected chi connectivity index (χ3v) is 5.05. The Morgan fingerprint density at radius 1 is 1.72 bits per heavy atom. The molecule has 1 amide bonds. The minimum absolute atomic E-state index is 0.0205. The molecular formula is C12H16BrNO3S. The highest BCUT2D eigenvalue weighted by Gasteiger charge is 2.30. The van der Waals surface area contributed by atoms with E-state index in [2.05, 4.69) is 15.9 Å². The van der Waals surface area contributed by atoms with Crippen molar-refractivity contribution in [3.8, 4) is 5.75 Å². The maximum Gasteiger partial charge on any atom is 0.264 e. The lowest BCUT2D eigenvalue weighted by Crippen LogP contribution is -2.29. The first kappa shape index (κ1) is 13.8. The van der Waals surface area contributed by atoms with Crippen molar-refractivity contribution < 1.29 is 14.6 Å². The van der Waals surface area contributed by atoms with Crippen molar-refractivity contribution in [1.82, 2.24) is 4.90 Å². The molecule has 0 saturated carbocycles. The highest BCUT2D eigenvalue weighted by molar-refractivity contribution is 9.11. The molecule has 0 aromatic carbocycles. The standard InChI is InChI=1S/C12H16BrNO3S/c1-7(15)8-3-4-14(6-8)12(16)10-5-9(17-2)11(13)18-10/h5,7-8,15H,3-4,6H2,1-2H3. The number of carbonyl (C=O) groups is 1. The first-order valence-electron chi connectivity index (χ1n) is 5.83. The third kappa shape index (κ3) is 2.70. The Labute approximate surface area is 119 Å². The van der Waals surface area contributed by atoms with Gasteiger partial charge in [-0.2, -0.15) is 0 Å². The number of likely N-dealkylation sites (tertiary alicyclic amines) is 1. The Bertz CT molecular complexity index is 447. The van der Waals surface area contributed by atoms with Gasteiger partial charge in [0, 0.05) is 25.1 Å². The summed E-state index contributed by atoms with van der Waals surface area (Å²) in [6.07, 6.45) is 0.514. The summed E-state index contributed by atoms with van der Waals surface area (Å²) in [7, 11) is 1.58. The molecule has 4 nitrogen and oxygen atoms in total. The molecule has 1 N–H and O–H groups in total. The summed E-state index contributed by atoms with van der Waals surface area (Å²) in [5, 5.41) is 9.55. The van der Waals surface area contributed by atoms with Crippen molar-refractivity contribution >= 4 is 33.2 Å². The number of nitrogens with zero attached hydrogens (tertiary/aromatic N) is 1. The van der Waals surface area contributed by atoms with Crippen LogP contribution in [0.2, 0.25) is 0 Å². The molecule has 2 unspecified atom stereocenters. The van der Waals surface area contributed by atoms with Crippen LogP contribution in [-0.2, 0) is 0 Å². The van der Waals surface area contributed by atoms with Crippen LogP contribution >= 0.6 is 27.3 Å². The first-order valence-corrected chi connectivity index (χ1v) is 7.44. The molecule has 1 aromatic rings. The minimum atomic E-state index is -0.354. The zero-order valence-electron chi connectivity index (χ0n) is 10.4. The first-order chi connectivity index (χ1) is 8.52. The molecule has 2 rings (SSSR count). The van der Waals surface area contributed by atoms with Crippen molar-refractivity contribution in [2.75, 3.05) is 20.2 Å². The Morgan fingerprint density at radius 2 is 2.44 bits per heavy atom. The van der Waals surface area contributed by atoms with Gasteiger partial charge in [0.1, 0.15) is 9.54 Å². The highest BCUT2D eigenvalue weighted by atomic mass is 79.9. The summed E-state index contributed by atoms with van der Waals surface area (Å²) in [5.41, 5.74) is 0. The van der Waals surface area contributed by atoms with E-state index >= 15 is 0 Å². The van der Waals surface area contributed by atoms with Crippen LogP contribution in [0.15, 0.2) is 9.85 Å². The van der Waals surface area contributed by atoms with Crippen LogP contribution in [-0.4, -0.2) is 42.2 Å². The van der Waals surface area contributed by atoms with E-state index in [4.69, 9.17) is 4.74 Å². The van der Waals surface area contributed by atoms with E-state index in [9.17, 15) is 9.90 Å². The average Bonchev–Trinajstić information content (AvgIpc) is 2.94. The predicted octanol–water partition coefficient (Wildman–Crippen LogP) is 2.36. The largest absolute Gasteiger partial charge is 0.495 e. The van der Waals surface area contributed by atoms with Crippen LogP contribution in [0, 0.1) is 5.92 Å². The lowest BCUT2D eigenvalue weighted by Gasteiger charge is -2.16. The number of carbonyl (C=O) groups excluding carboxylic acids is 1. The van der Waals surface area contributed by atoms with Crippen molar-refractivity contribution in [1.29, 1.82) is 0 Å². The number of amides is 1. The Balaban J connectivity index is 2.08. The van der Waals surface area contributed by atoms with Crippen LogP contribution < -0.4 is 4.74 Å². The Morgan fingerprint density at radius 3 is 2.94 bits per heavy atom. The second kappa shape index (κ2) is 5.59. The molecule has 2 atom stereocenters. The monoisotopic (exact) mass is 333 g/mol. The lowest BCUT2D eigenvalue weighted by atomic mass is 10.0. The van der Waals surface area contributed by atoms with E-state index in [0.29, 0.717) is 23.7 Å². The second-order valence-electron chi connectivity index (χ2n) is 4.49. The van der Waals surface area contributed by atoms with Crippen molar-refractivity contribution in [3.63, 3.8) is 0 Å². The van der Waals surface area contributed by atoms with E-state index in [1.54, 1.807) is 25.0 Å². The van der Waals surface area contributed by atoms with Gasteiger partial charge in [-0.1, -0.05) is 0 Å². The molecule has 18 heavy (non-hydrogen) atoms. The number of halogens is 1. The van der Waals surface area contributed by atoms with E-state index in [1.165, 1.54) is 11.3 Å². The molecule has 1 aliphatic heterocycles. The van der Waals surface area contributed by atoms with Gasteiger partial charge in [0.25, 0.3) is 5.91 Å². The number of aliphatic hydroxyl groups excluding tert-OH is 1. The molecular weight excluding hydrogens is 318 g/mol. The number of hydrogen-bond acceptors (Lipinski definition) is 4. The lowest BCUT2D eigenvalue weighted by molar-refractivity contribution is 0.0767. The van der Waals surface area contributed by atoms with Crippen molar-refractivity contribution in [3.05, 3.63) is 14.7 Å². The smallest absolute Gasteiger partial charge is 0.264 e. The molecule has 6 heteroatoms. The summed E-state index contributed by atoms with van der Waals surface area (Å²) in [6.45, 7) is 3.13. The third-order valence-electron chi connectivity index (χ3n) is 3.28. The molecule has 100 valence electrons. The molecule has 1 saturated heterocycles. The van der Waals surface area contributed by atoms with E-state index < -0.39 is 0 Å². The average molecular weight is 334 g/mol. The number of aliphatic hydroxyl groups is 1. The van der Waals surface area contributed by atoms with Gasteiger partial charge in [-0.25, -0.2) is 0 Å². The van der Waals surface area contributed by atoms with Crippen LogP contribution in [0.5, 0.6) is 5.75 Å². The molecule has 0 radical (unpaired) electrons. The van der Waals surface area contributed by atoms with Crippen molar-refractivity contribution in [2.24, 2.45) is 5.92 Å². The number of ether oxygens (including phenoxy) is 1. The number of rotatable bonds is 3. The molecule has 0 aliphatic carbocycles. The van der Waals surface area contributed by atoms with E-state index in [1.807, 2.05) is 0 Å². The van der Waals surface area contributed by atoms with E-state index in [-0.39, 0.29) is 17.9 Å². The van der Waals surface area contributed by atoms with Crippen molar-refractivity contribution in [2.45, 2.75) is 19.4 Å². The summed E-state index contributed by atoms with van der Waals surface area (Å²) in [4.78, 5) is 14.7. The fourth-order valence-electron chi connectivity index (χ4n) is 2.12. The fraction of sp³-hybridized carbons (Fsp3) is 0.583. The van der Waals surface area contributed by atoms with Gasteiger partial charge < -0.3 is 14.7 Å².